The molecule has 104 heavy (non-hydrogen) atoms. The van der Waals surface area contributed by atoms with Crippen molar-refractivity contribution < 1.29 is 89.0 Å². The normalized spacial score (nSPS) is 20.2. The van der Waals surface area contributed by atoms with Gasteiger partial charge in [-0.2, -0.15) is 0 Å². The number of carbonyl (C=O) groups is 2. The lowest BCUT2D eigenvalue weighted by molar-refractivity contribution is -0.139. The minimum atomic E-state index is -3.34. The van der Waals surface area contributed by atoms with Gasteiger partial charge in [0.2, 0.25) is 42.1 Å². The summed E-state index contributed by atoms with van der Waals surface area (Å²) < 4.78 is 73.1. The predicted octanol–water partition coefficient (Wildman–Crippen LogP) is 19.0. The lowest BCUT2D eigenvalue weighted by atomic mass is 10.0. The molecule has 0 aromatic rings. The highest BCUT2D eigenvalue weighted by atomic mass is 32.2. The maximum atomic E-state index is 12.8. The molecule has 0 radical (unpaired) electrons. The Morgan fingerprint density at radius 2 is 0.683 bits per heavy atom. The summed E-state index contributed by atoms with van der Waals surface area (Å²) in [5.74, 6) is 0.483. The van der Waals surface area contributed by atoms with Gasteiger partial charge in [-0.15, -0.1) is 11.8 Å². The topological polar surface area (TPSA) is 264 Å². The Bertz CT molecular complexity index is 2250. The van der Waals surface area contributed by atoms with Crippen LogP contribution in [-0.4, -0.2) is 203 Å². The third-order valence-corrected chi connectivity index (χ3v) is 25.6. The van der Waals surface area contributed by atoms with Gasteiger partial charge in [-0.3, -0.25) is 14.5 Å². The second-order valence-electron chi connectivity index (χ2n) is 29.2. The number of ether oxygens (including phenoxy) is 5. The molecule has 3 heterocycles. The van der Waals surface area contributed by atoms with Crippen molar-refractivity contribution in [1.82, 2.24) is 4.90 Å². The van der Waals surface area contributed by atoms with E-state index >= 15 is 0 Å². The van der Waals surface area contributed by atoms with Crippen LogP contribution in [0.15, 0.2) is 0 Å². The monoisotopic (exact) mass is 1580 g/mol. The fraction of sp³-hybridized carbons (Fsp3) is 0.923. The van der Waals surface area contributed by atoms with Gasteiger partial charge in [-0.1, -0.05) is 263 Å². The highest BCUT2D eigenvalue weighted by Crippen LogP contribution is 2.50. The molecule has 9 unspecified atom stereocenters. The van der Waals surface area contributed by atoms with E-state index < -0.39 is 54.7 Å². The Labute approximate surface area is 637 Å². The zero-order chi connectivity index (χ0) is 75.2. The van der Waals surface area contributed by atoms with E-state index in [4.69, 9.17) is 65.6 Å². The summed E-state index contributed by atoms with van der Waals surface area (Å²) in [4.78, 5) is 69.4. The molecule has 3 fully saturated rings. The zero-order valence-electron chi connectivity index (χ0n) is 65.5. The van der Waals surface area contributed by atoms with Crippen LogP contribution < -0.4 is 5.73 Å². The van der Waals surface area contributed by atoms with Crippen molar-refractivity contribution in [3.63, 3.8) is 0 Å². The van der Waals surface area contributed by atoms with E-state index in [0.717, 1.165) is 82.8 Å². The van der Waals surface area contributed by atoms with Crippen LogP contribution in [-0.2, 0) is 69.5 Å². The minimum Gasteiger partial charge on any atom is -0.382 e. The molecule has 2 amide bonds. The van der Waals surface area contributed by atoms with Crippen LogP contribution in [0.25, 0.3) is 0 Å². The van der Waals surface area contributed by atoms with Gasteiger partial charge >= 0.3 is 0 Å². The highest BCUT2D eigenvalue weighted by molar-refractivity contribution is 8.00. The van der Waals surface area contributed by atoms with Crippen LogP contribution >= 0.6 is 42.0 Å². The van der Waals surface area contributed by atoms with Gasteiger partial charge in [0.05, 0.1) is 96.7 Å². The molecule has 21 nitrogen and oxygen atoms in total. The van der Waals surface area contributed by atoms with E-state index in [2.05, 4.69) is 25.2 Å². The Morgan fingerprint density at radius 3 is 1.01 bits per heavy atom. The summed E-state index contributed by atoms with van der Waals surface area (Å²) in [6, 6.07) is 0. The number of nitrogens with zero attached hydrogens (tertiary/aromatic N) is 1. The summed E-state index contributed by atoms with van der Waals surface area (Å²) in [7, 11) is -11.5. The molecule has 0 bridgehead atoms. The first-order valence-corrected chi connectivity index (χ1v) is 49.7. The Hall–Kier alpha value is -0.0300. The van der Waals surface area contributed by atoms with Crippen molar-refractivity contribution in [3.8, 4) is 0 Å². The van der Waals surface area contributed by atoms with Crippen molar-refractivity contribution in [2.45, 2.75) is 351 Å². The standard InChI is InChI=1S/C78H154N2O19P4S/c1-87-64-65-89-67-66-88-63-56-80-77(81)69-76(78(80)82)104-68-52-46-45-51-58-93-101(3,84)97-71-75-72(53-61-91-75)98-102(4,85)94-59-49-43-40-38-36-34-32-30-28-26-24-22-20-18-16-14-12-10-8-6-7-9-11-13-15-17-19-21-23-25-27-29-31-33-35-37-39-42-48-57-92-100(2,83)96-70-74-73(54-62-90-74)99-103(5,86)95-60-50-44-41-47-55-79/h72-76,83-86H,2-71,79H2,1H3. The fourth-order valence-corrected chi connectivity index (χ4v) is 18.5. The average molecular weight is 1580 g/mol. The summed E-state index contributed by atoms with van der Waals surface area (Å²) in [5.41, 5.74) is 5.55. The van der Waals surface area contributed by atoms with Crippen molar-refractivity contribution in [2.24, 2.45) is 5.73 Å². The highest BCUT2D eigenvalue weighted by Gasteiger charge is 2.39. The van der Waals surface area contributed by atoms with Gasteiger partial charge in [0, 0.05) is 39.6 Å². The molecular weight excluding hydrogens is 1420 g/mol. The summed E-state index contributed by atoms with van der Waals surface area (Å²) in [6.45, 7) is 5.55. The van der Waals surface area contributed by atoms with Gasteiger partial charge in [0.25, 0.3) is 0 Å². The van der Waals surface area contributed by atoms with Crippen molar-refractivity contribution in [1.29, 1.82) is 0 Å². The molecule has 0 spiro atoms. The van der Waals surface area contributed by atoms with E-state index in [0.29, 0.717) is 91.9 Å². The second-order valence-corrected chi connectivity index (χ2v) is 37.6. The van der Waals surface area contributed by atoms with Crippen LogP contribution in [0, 0.1) is 0 Å². The molecule has 0 aromatic heterocycles. The first kappa shape index (κ1) is 98.2. The largest absolute Gasteiger partial charge is 0.382 e. The van der Waals surface area contributed by atoms with Gasteiger partial charge in [0.15, 0.2) is 0 Å². The number of hydrogen-bond acceptors (Lipinski definition) is 21. The number of nitrogens with two attached hydrogens (primary N) is 1. The number of carbonyl (C=O) groups excluding carboxylic acids is 2. The first-order chi connectivity index (χ1) is 50.5. The third kappa shape index (κ3) is 55.4. The number of amides is 2. The molecule has 3 aliphatic heterocycles. The molecule has 0 saturated carbocycles. The van der Waals surface area contributed by atoms with E-state index in [1.54, 1.807) is 7.11 Å². The molecule has 616 valence electrons. The van der Waals surface area contributed by atoms with Gasteiger partial charge < -0.3 is 85.2 Å². The maximum absolute atomic E-state index is 12.8. The lowest BCUT2D eigenvalue weighted by Gasteiger charge is -2.26. The Balaban J connectivity index is 0.956. The quantitative estimate of drug-likeness (QED) is 0.0215. The Morgan fingerprint density at radius 1 is 0.394 bits per heavy atom. The second kappa shape index (κ2) is 65.4. The molecule has 6 N–H and O–H groups in total. The maximum Gasteiger partial charge on any atom is 0.248 e. The van der Waals surface area contributed by atoms with E-state index in [9.17, 15) is 29.2 Å². The molecule has 0 aromatic carbocycles. The SMILES string of the molecule is C=P(O)(OCCCCCCCCCCCCCCCCCCCCCCCCCCCCCCCCCCCCCCCCCOP(=C)(O)OC1CCOC1COP(=C)(O)OCCCCCCSC1CC(=O)N(CCOCCOCCOC)C1=O)OCC1OCCC1OP(=C)(O)OCCCCCCN. The summed E-state index contributed by atoms with van der Waals surface area (Å²) in [6.07, 6.45) is 73.7. The number of thioether (sulfide) groups is 1. The van der Waals surface area contributed by atoms with Crippen molar-refractivity contribution in [3.05, 3.63) is 0 Å². The number of imide groups is 1. The molecule has 3 rings (SSSR count). The van der Waals surface area contributed by atoms with E-state index in [-0.39, 0.29) is 49.9 Å². The molecule has 0 aliphatic carbocycles. The summed E-state index contributed by atoms with van der Waals surface area (Å²) >= 11 is 1.53. The molecular formula is C78H154N2O19P4S. The smallest absolute Gasteiger partial charge is 0.248 e. The number of rotatable bonds is 79. The molecule has 26 heteroatoms. The number of unbranched alkanes of at least 4 members (excludes halogenated alkanes) is 44. The third-order valence-electron chi connectivity index (χ3n) is 19.7. The molecule has 9 atom stereocenters. The number of likely N-dealkylation sites (tertiary alicyclic amines) is 1. The van der Waals surface area contributed by atoms with Crippen LogP contribution in [0.2, 0.25) is 0 Å². The Kier molecular flexibility index (Phi) is 61.7. The number of hydrogen-bond donors (Lipinski definition) is 5. The zero-order valence-corrected chi connectivity index (χ0v) is 69.9. The van der Waals surface area contributed by atoms with Crippen molar-refractivity contribution >= 4 is 79.0 Å². The van der Waals surface area contributed by atoms with E-state index in [1.165, 1.54) is 235 Å². The van der Waals surface area contributed by atoms with Crippen LogP contribution in [0.5, 0.6) is 0 Å². The van der Waals surface area contributed by atoms with Crippen LogP contribution in [0.3, 0.4) is 0 Å². The minimum absolute atomic E-state index is 0.0126. The molecule has 3 aliphatic rings. The van der Waals surface area contributed by atoms with Gasteiger partial charge in [-0.05, 0) is 76.0 Å². The van der Waals surface area contributed by atoms with E-state index in [1.807, 2.05) is 0 Å². The van der Waals surface area contributed by atoms with Gasteiger partial charge in [-0.25, -0.2) is 0 Å². The van der Waals surface area contributed by atoms with Gasteiger partial charge in [0.1, 0.15) is 12.2 Å². The van der Waals surface area contributed by atoms with Crippen molar-refractivity contribution in [2.75, 3.05) is 112 Å². The lowest BCUT2D eigenvalue weighted by Crippen LogP contribution is -2.34. The van der Waals surface area contributed by atoms with Crippen LogP contribution in [0.4, 0.5) is 0 Å². The fourth-order valence-electron chi connectivity index (χ4n) is 13.3. The average Bonchev–Trinajstić information content (AvgIpc) is 1.69. The van der Waals surface area contributed by atoms with Crippen LogP contribution in [0.1, 0.15) is 321 Å². The molecule has 3 saturated heterocycles. The summed E-state index contributed by atoms with van der Waals surface area (Å²) in [5, 5.41) is -0.345. The first-order valence-electron chi connectivity index (χ1n) is 41.6. The number of methoxy groups -OCH3 is 1. The predicted molar refractivity (Wildman–Crippen MR) is 436 cm³/mol.